The quantitative estimate of drug-likeness (QED) is 0.797. The van der Waals surface area contributed by atoms with Crippen molar-refractivity contribution in [3.8, 4) is 5.75 Å². The van der Waals surface area contributed by atoms with Crippen LogP contribution in [-0.4, -0.2) is 41.9 Å². The molecule has 0 aliphatic carbocycles. The molecule has 1 aliphatic heterocycles. The van der Waals surface area contributed by atoms with Crippen LogP contribution in [0.4, 0.5) is 0 Å². The van der Waals surface area contributed by atoms with Crippen LogP contribution in [0.2, 0.25) is 0 Å². The van der Waals surface area contributed by atoms with Gasteiger partial charge >= 0.3 is 0 Å². The number of piperidine rings is 1. The average Bonchev–Trinajstić information content (AvgIpc) is 2.61. The van der Waals surface area contributed by atoms with Crippen LogP contribution in [-0.2, 0) is 9.59 Å². The summed E-state index contributed by atoms with van der Waals surface area (Å²) in [7, 11) is 0. The van der Waals surface area contributed by atoms with Gasteiger partial charge < -0.3 is 15.0 Å². The first kappa shape index (κ1) is 22.3. The predicted octanol–water partition coefficient (Wildman–Crippen LogP) is 4.12. The fourth-order valence-corrected chi connectivity index (χ4v) is 3.35. The molecule has 1 atom stereocenters. The third-order valence-electron chi connectivity index (χ3n) is 5.10. The maximum absolute atomic E-state index is 12.5. The lowest BCUT2D eigenvalue weighted by Gasteiger charge is -2.34. The zero-order chi connectivity index (χ0) is 20.9. The van der Waals surface area contributed by atoms with Gasteiger partial charge in [0.25, 0.3) is 5.91 Å². The molecule has 2 rings (SSSR count). The molecule has 1 heterocycles. The molecule has 156 valence electrons. The molecule has 0 spiro atoms. The van der Waals surface area contributed by atoms with Gasteiger partial charge in [-0.2, -0.15) is 0 Å². The van der Waals surface area contributed by atoms with Crippen molar-refractivity contribution >= 4 is 11.8 Å². The van der Waals surface area contributed by atoms with E-state index in [4.69, 9.17) is 4.74 Å². The van der Waals surface area contributed by atoms with E-state index in [0.29, 0.717) is 31.2 Å². The third kappa shape index (κ3) is 6.84. The van der Waals surface area contributed by atoms with Crippen molar-refractivity contribution in [3.05, 3.63) is 29.8 Å². The molecule has 0 aromatic heterocycles. The first-order chi connectivity index (χ1) is 13.0. The highest BCUT2D eigenvalue weighted by molar-refractivity contribution is 5.81. The minimum atomic E-state index is -0.551. The standard InChI is InChI=1S/C23H36N2O3/c1-16(2)18-7-9-20(10-8-18)28-17(3)22(27)24-19-11-13-25(14-12-19)21(26)15-23(4,5)6/h7-10,16-17,19H,11-15H2,1-6H3,(H,24,27). The van der Waals surface area contributed by atoms with Crippen molar-refractivity contribution in [2.45, 2.75) is 78.9 Å². The van der Waals surface area contributed by atoms with Gasteiger partial charge in [0.2, 0.25) is 5.91 Å². The average molecular weight is 389 g/mol. The smallest absolute Gasteiger partial charge is 0.260 e. The third-order valence-corrected chi connectivity index (χ3v) is 5.10. The molecule has 5 heteroatoms. The summed E-state index contributed by atoms with van der Waals surface area (Å²) in [4.78, 5) is 26.7. The van der Waals surface area contributed by atoms with Gasteiger partial charge in [-0.25, -0.2) is 0 Å². The Morgan fingerprint density at radius 1 is 1.11 bits per heavy atom. The second kappa shape index (κ2) is 9.44. The number of carbonyl (C=O) groups is 2. The van der Waals surface area contributed by atoms with E-state index in [0.717, 1.165) is 12.8 Å². The van der Waals surface area contributed by atoms with Gasteiger partial charge in [0.1, 0.15) is 5.75 Å². The second-order valence-electron chi connectivity index (χ2n) is 9.38. The Kier molecular flexibility index (Phi) is 7.50. The Labute approximate surface area is 169 Å². The lowest BCUT2D eigenvalue weighted by molar-refractivity contribution is -0.134. The number of hydrogen-bond acceptors (Lipinski definition) is 3. The number of carbonyl (C=O) groups excluding carboxylic acids is 2. The van der Waals surface area contributed by atoms with Crippen LogP contribution in [0.3, 0.4) is 0 Å². The fraction of sp³-hybridized carbons (Fsp3) is 0.652. The molecule has 28 heavy (non-hydrogen) atoms. The van der Waals surface area contributed by atoms with Crippen molar-refractivity contribution in [2.75, 3.05) is 13.1 Å². The number of ether oxygens (including phenoxy) is 1. The van der Waals surface area contributed by atoms with E-state index in [9.17, 15) is 9.59 Å². The number of nitrogens with zero attached hydrogens (tertiary/aromatic N) is 1. The van der Waals surface area contributed by atoms with Gasteiger partial charge in [-0.1, -0.05) is 46.8 Å². The van der Waals surface area contributed by atoms with Crippen LogP contribution in [0.5, 0.6) is 5.75 Å². The summed E-state index contributed by atoms with van der Waals surface area (Å²) >= 11 is 0. The van der Waals surface area contributed by atoms with Crippen molar-refractivity contribution in [1.82, 2.24) is 10.2 Å². The molecular formula is C23H36N2O3. The summed E-state index contributed by atoms with van der Waals surface area (Å²) in [5.74, 6) is 1.27. The van der Waals surface area contributed by atoms with E-state index >= 15 is 0 Å². The van der Waals surface area contributed by atoms with E-state index in [1.165, 1.54) is 5.56 Å². The maximum atomic E-state index is 12.5. The first-order valence-corrected chi connectivity index (χ1v) is 10.4. The van der Waals surface area contributed by atoms with Gasteiger partial charge in [0.15, 0.2) is 6.10 Å². The zero-order valence-corrected chi connectivity index (χ0v) is 18.2. The number of rotatable bonds is 6. The lowest BCUT2D eigenvalue weighted by Crippen LogP contribution is -2.49. The molecular weight excluding hydrogens is 352 g/mol. The molecule has 5 nitrogen and oxygen atoms in total. The molecule has 1 aromatic carbocycles. The van der Waals surface area contributed by atoms with Gasteiger partial charge in [-0.3, -0.25) is 9.59 Å². The topological polar surface area (TPSA) is 58.6 Å². The van der Waals surface area contributed by atoms with Crippen molar-refractivity contribution < 1.29 is 14.3 Å². The Balaban J connectivity index is 1.78. The zero-order valence-electron chi connectivity index (χ0n) is 18.2. The van der Waals surface area contributed by atoms with Crippen LogP contribution < -0.4 is 10.1 Å². The monoisotopic (exact) mass is 388 g/mol. The van der Waals surface area contributed by atoms with Crippen LogP contribution in [0.25, 0.3) is 0 Å². The van der Waals surface area contributed by atoms with Gasteiger partial charge in [-0.05, 0) is 48.8 Å². The molecule has 1 fully saturated rings. The largest absolute Gasteiger partial charge is 0.481 e. The van der Waals surface area contributed by atoms with Crippen molar-refractivity contribution in [2.24, 2.45) is 5.41 Å². The highest BCUT2D eigenvalue weighted by Gasteiger charge is 2.27. The summed E-state index contributed by atoms with van der Waals surface area (Å²) in [6.45, 7) is 13.7. The van der Waals surface area contributed by atoms with Gasteiger partial charge in [-0.15, -0.1) is 0 Å². The van der Waals surface area contributed by atoms with E-state index in [1.54, 1.807) is 6.92 Å². The van der Waals surface area contributed by atoms with Crippen molar-refractivity contribution in [3.63, 3.8) is 0 Å². The molecule has 1 N–H and O–H groups in total. The number of likely N-dealkylation sites (tertiary alicyclic amines) is 1. The van der Waals surface area contributed by atoms with Crippen LogP contribution in [0.15, 0.2) is 24.3 Å². The molecule has 1 aliphatic rings. The SMILES string of the molecule is CC(Oc1ccc(C(C)C)cc1)C(=O)NC1CCN(C(=O)CC(C)(C)C)CC1. The van der Waals surface area contributed by atoms with E-state index < -0.39 is 6.10 Å². The Hall–Kier alpha value is -2.04. The van der Waals surface area contributed by atoms with E-state index in [-0.39, 0.29) is 23.3 Å². The summed E-state index contributed by atoms with van der Waals surface area (Å²) in [6.07, 6.45) is 1.59. The summed E-state index contributed by atoms with van der Waals surface area (Å²) in [5.41, 5.74) is 1.25. The van der Waals surface area contributed by atoms with Crippen LogP contribution in [0, 0.1) is 5.41 Å². The maximum Gasteiger partial charge on any atom is 0.260 e. The van der Waals surface area contributed by atoms with E-state index in [1.807, 2.05) is 29.2 Å². The summed E-state index contributed by atoms with van der Waals surface area (Å²) in [6, 6.07) is 8.00. The molecule has 0 bridgehead atoms. The summed E-state index contributed by atoms with van der Waals surface area (Å²) in [5, 5.41) is 3.07. The first-order valence-electron chi connectivity index (χ1n) is 10.4. The Bertz CT molecular complexity index is 653. The predicted molar refractivity (Wildman–Crippen MR) is 112 cm³/mol. The number of amides is 2. The molecule has 1 unspecified atom stereocenters. The molecule has 0 saturated carbocycles. The summed E-state index contributed by atoms with van der Waals surface area (Å²) < 4.78 is 5.79. The number of hydrogen-bond donors (Lipinski definition) is 1. The Morgan fingerprint density at radius 3 is 2.18 bits per heavy atom. The number of benzene rings is 1. The molecule has 2 amide bonds. The fourth-order valence-electron chi connectivity index (χ4n) is 3.35. The highest BCUT2D eigenvalue weighted by Crippen LogP contribution is 2.22. The second-order valence-corrected chi connectivity index (χ2v) is 9.38. The van der Waals surface area contributed by atoms with Gasteiger partial charge in [0.05, 0.1) is 0 Å². The highest BCUT2D eigenvalue weighted by atomic mass is 16.5. The van der Waals surface area contributed by atoms with Crippen molar-refractivity contribution in [1.29, 1.82) is 0 Å². The van der Waals surface area contributed by atoms with E-state index in [2.05, 4.69) is 39.9 Å². The normalized spacial score (nSPS) is 16.8. The minimum absolute atomic E-state index is 0.00227. The van der Waals surface area contributed by atoms with Crippen LogP contribution in [0.1, 0.15) is 72.3 Å². The van der Waals surface area contributed by atoms with Gasteiger partial charge in [0, 0.05) is 25.6 Å². The molecule has 1 aromatic rings. The number of nitrogens with one attached hydrogen (secondary N) is 1. The molecule has 1 saturated heterocycles. The minimum Gasteiger partial charge on any atom is -0.481 e. The molecule has 0 radical (unpaired) electrons. The Morgan fingerprint density at radius 2 is 1.68 bits per heavy atom. The lowest BCUT2D eigenvalue weighted by atomic mass is 9.91. The van der Waals surface area contributed by atoms with Crippen LogP contribution >= 0.6 is 0 Å².